The number of nitrogens with one attached hydrogen (secondary N) is 1. The van der Waals surface area contributed by atoms with E-state index in [0.717, 1.165) is 25.3 Å². The van der Waals surface area contributed by atoms with Gasteiger partial charge in [-0.05, 0) is 37.0 Å². The Morgan fingerprint density at radius 1 is 1.40 bits per heavy atom. The van der Waals surface area contributed by atoms with E-state index in [9.17, 15) is 9.59 Å². The molecule has 0 aromatic carbocycles. The number of pyridine rings is 1. The lowest BCUT2D eigenvalue weighted by atomic mass is 9.97. The van der Waals surface area contributed by atoms with Crippen molar-refractivity contribution in [1.29, 1.82) is 0 Å². The topological polar surface area (TPSA) is 79.3 Å². The van der Waals surface area contributed by atoms with Crippen molar-refractivity contribution in [2.24, 2.45) is 11.8 Å². The molecule has 1 saturated carbocycles. The average Bonchev–Trinajstić information content (AvgIpc) is 2.83. The van der Waals surface area contributed by atoms with Crippen LogP contribution in [-0.2, 0) is 9.59 Å². The van der Waals surface area contributed by atoms with Crippen LogP contribution in [0.5, 0.6) is 0 Å². The highest BCUT2D eigenvalue weighted by Crippen LogP contribution is 2.31. The lowest BCUT2D eigenvalue weighted by Crippen LogP contribution is -2.25. The minimum Gasteiger partial charge on any atom is -0.478 e. The summed E-state index contributed by atoms with van der Waals surface area (Å²) in [4.78, 5) is 26.8. The van der Waals surface area contributed by atoms with E-state index in [1.165, 1.54) is 6.08 Å². The molecule has 1 aliphatic carbocycles. The number of hydrogen-bond donors (Lipinski definition) is 2. The first-order chi connectivity index (χ1) is 9.56. The highest BCUT2D eigenvalue weighted by atomic mass is 16.4. The van der Waals surface area contributed by atoms with Crippen molar-refractivity contribution in [2.75, 3.05) is 5.32 Å². The summed E-state index contributed by atoms with van der Waals surface area (Å²) in [6, 6.07) is 5.13. The van der Waals surface area contributed by atoms with Gasteiger partial charge in [-0.25, -0.2) is 9.78 Å². The molecule has 1 amide bonds. The van der Waals surface area contributed by atoms with Crippen LogP contribution in [0.1, 0.15) is 31.9 Å². The van der Waals surface area contributed by atoms with E-state index in [2.05, 4.69) is 17.2 Å². The lowest BCUT2D eigenvalue weighted by Gasteiger charge is -2.14. The summed E-state index contributed by atoms with van der Waals surface area (Å²) in [7, 11) is 0. The number of carbonyl (C=O) groups is 2. The third kappa shape index (κ3) is 3.66. The molecule has 2 unspecified atom stereocenters. The van der Waals surface area contributed by atoms with E-state index in [-0.39, 0.29) is 11.8 Å². The van der Waals surface area contributed by atoms with Gasteiger partial charge in [0.2, 0.25) is 5.91 Å². The summed E-state index contributed by atoms with van der Waals surface area (Å²) in [5.74, 6) is -0.107. The molecule has 1 aromatic rings. The second-order valence-electron chi connectivity index (χ2n) is 5.12. The van der Waals surface area contributed by atoms with Crippen LogP contribution in [0.2, 0.25) is 0 Å². The van der Waals surface area contributed by atoms with Gasteiger partial charge in [-0.2, -0.15) is 0 Å². The maximum Gasteiger partial charge on any atom is 0.328 e. The van der Waals surface area contributed by atoms with Gasteiger partial charge in [0, 0.05) is 12.0 Å². The molecule has 0 radical (unpaired) electrons. The molecular weight excluding hydrogens is 256 g/mol. The summed E-state index contributed by atoms with van der Waals surface area (Å²) >= 11 is 0. The van der Waals surface area contributed by atoms with Gasteiger partial charge in [-0.15, -0.1) is 0 Å². The predicted molar refractivity (Wildman–Crippen MR) is 76.0 cm³/mol. The third-order valence-corrected chi connectivity index (χ3v) is 3.62. The second-order valence-corrected chi connectivity index (χ2v) is 5.12. The van der Waals surface area contributed by atoms with E-state index in [1.807, 2.05) is 0 Å². The summed E-state index contributed by atoms with van der Waals surface area (Å²) in [6.07, 6.45) is 5.52. The molecule has 1 aromatic heterocycles. The molecule has 5 nitrogen and oxygen atoms in total. The Labute approximate surface area is 117 Å². The minimum absolute atomic E-state index is 0.00173. The zero-order valence-corrected chi connectivity index (χ0v) is 11.4. The van der Waals surface area contributed by atoms with Crippen LogP contribution >= 0.6 is 0 Å². The molecule has 1 fully saturated rings. The second kappa shape index (κ2) is 6.32. The van der Waals surface area contributed by atoms with E-state index in [0.29, 0.717) is 17.4 Å². The molecule has 0 bridgehead atoms. The molecule has 20 heavy (non-hydrogen) atoms. The molecule has 0 saturated heterocycles. The first-order valence-electron chi connectivity index (χ1n) is 6.75. The number of carboxylic acid groups (broad SMARTS) is 1. The average molecular weight is 274 g/mol. The van der Waals surface area contributed by atoms with Gasteiger partial charge in [0.1, 0.15) is 5.82 Å². The number of rotatable bonds is 4. The summed E-state index contributed by atoms with van der Waals surface area (Å²) in [5, 5.41) is 11.4. The van der Waals surface area contributed by atoms with Crippen molar-refractivity contribution in [1.82, 2.24) is 4.98 Å². The van der Waals surface area contributed by atoms with E-state index >= 15 is 0 Å². The maximum absolute atomic E-state index is 12.1. The monoisotopic (exact) mass is 274 g/mol. The molecule has 2 rings (SSSR count). The molecule has 1 aliphatic rings. The lowest BCUT2D eigenvalue weighted by molar-refractivity contribution is -0.131. The maximum atomic E-state index is 12.1. The summed E-state index contributed by atoms with van der Waals surface area (Å²) in [5.41, 5.74) is 0.504. The number of aromatic nitrogens is 1. The SMILES string of the molecule is CC1CCCC1C(=O)Nc1cccc(/C=C/C(=O)O)n1. The zero-order chi connectivity index (χ0) is 14.5. The van der Waals surface area contributed by atoms with Crippen LogP contribution in [0.25, 0.3) is 6.08 Å². The number of carboxylic acids is 1. The molecule has 0 spiro atoms. The van der Waals surface area contributed by atoms with Gasteiger partial charge >= 0.3 is 5.97 Å². The van der Waals surface area contributed by atoms with Gasteiger partial charge in [-0.3, -0.25) is 4.79 Å². The summed E-state index contributed by atoms with van der Waals surface area (Å²) < 4.78 is 0. The van der Waals surface area contributed by atoms with Gasteiger partial charge in [0.25, 0.3) is 0 Å². The largest absolute Gasteiger partial charge is 0.478 e. The first-order valence-corrected chi connectivity index (χ1v) is 6.75. The number of anilines is 1. The third-order valence-electron chi connectivity index (χ3n) is 3.62. The number of amides is 1. The fraction of sp³-hybridized carbons (Fsp3) is 0.400. The highest BCUT2D eigenvalue weighted by molar-refractivity contribution is 5.92. The van der Waals surface area contributed by atoms with Crippen molar-refractivity contribution >= 4 is 23.8 Å². The van der Waals surface area contributed by atoms with Crippen LogP contribution in [0.3, 0.4) is 0 Å². The van der Waals surface area contributed by atoms with Crippen molar-refractivity contribution in [3.8, 4) is 0 Å². The van der Waals surface area contributed by atoms with Crippen LogP contribution < -0.4 is 5.32 Å². The van der Waals surface area contributed by atoms with Crippen molar-refractivity contribution in [2.45, 2.75) is 26.2 Å². The molecule has 0 aliphatic heterocycles. The Bertz CT molecular complexity index is 540. The van der Waals surface area contributed by atoms with Crippen LogP contribution in [0.4, 0.5) is 5.82 Å². The molecule has 2 atom stereocenters. The van der Waals surface area contributed by atoms with Gasteiger partial charge in [0.05, 0.1) is 5.69 Å². The molecule has 5 heteroatoms. The smallest absolute Gasteiger partial charge is 0.328 e. The van der Waals surface area contributed by atoms with Gasteiger partial charge in [-0.1, -0.05) is 19.4 Å². The van der Waals surface area contributed by atoms with Crippen molar-refractivity contribution in [3.05, 3.63) is 30.0 Å². The highest BCUT2D eigenvalue weighted by Gasteiger charge is 2.29. The van der Waals surface area contributed by atoms with Crippen molar-refractivity contribution in [3.63, 3.8) is 0 Å². The van der Waals surface area contributed by atoms with E-state index in [1.54, 1.807) is 18.2 Å². The standard InChI is InChI=1S/C15H18N2O3/c1-10-4-2-6-12(10)15(20)17-13-7-3-5-11(16-13)8-9-14(18)19/h3,5,7-10,12H,2,4,6H2,1H3,(H,18,19)(H,16,17,20)/b9-8+. The fourth-order valence-corrected chi connectivity index (χ4v) is 2.52. The van der Waals surface area contributed by atoms with E-state index < -0.39 is 5.97 Å². The Morgan fingerprint density at radius 2 is 2.20 bits per heavy atom. The Hall–Kier alpha value is -2.17. The molecule has 106 valence electrons. The zero-order valence-electron chi connectivity index (χ0n) is 11.4. The quantitative estimate of drug-likeness (QED) is 0.827. The first kappa shape index (κ1) is 14.2. The van der Waals surface area contributed by atoms with Crippen LogP contribution in [0.15, 0.2) is 24.3 Å². The Balaban J connectivity index is 2.04. The number of hydrogen-bond acceptors (Lipinski definition) is 3. The predicted octanol–water partition coefficient (Wildman–Crippen LogP) is 2.55. The molecule has 2 N–H and O–H groups in total. The minimum atomic E-state index is -1.03. The van der Waals surface area contributed by atoms with Crippen LogP contribution in [-0.4, -0.2) is 22.0 Å². The molecular formula is C15H18N2O3. The Kier molecular flexibility index (Phi) is 4.50. The number of aliphatic carboxylic acids is 1. The van der Waals surface area contributed by atoms with Crippen LogP contribution in [0, 0.1) is 11.8 Å². The van der Waals surface area contributed by atoms with E-state index in [4.69, 9.17) is 5.11 Å². The Morgan fingerprint density at radius 3 is 2.85 bits per heavy atom. The molecule has 1 heterocycles. The van der Waals surface area contributed by atoms with Gasteiger partial charge in [0.15, 0.2) is 0 Å². The fourth-order valence-electron chi connectivity index (χ4n) is 2.52. The van der Waals surface area contributed by atoms with Gasteiger partial charge < -0.3 is 10.4 Å². The number of nitrogens with zero attached hydrogens (tertiary/aromatic N) is 1. The number of carbonyl (C=O) groups excluding carboxylic acids is 1. The van der Waals surface area contributed by atoms with Crippen molar-refractivity contribution < 1.29 is 14.7 Å². The normalized spacial score (nSPS) is 22.1. The summed E-state index contributed by atoms with van der Waals surface area (Å²) in [6.45, 7) is 2.09.